The Balaban J connectivity index is 3.38. The minimum absolute atomic E-state index is 0.0335. The molecule has 1 aromatic carbocycles. The van der Waals surface area contributed by atoms with Crippen LogP contribution in [0.2, 0.25) is 0 Å². The van der Waals surface area contributed by atoms with Crippen molar-refractivity contribution in [3.8, 4) is 6.07 Å². The molecule has 0 saturated heterocycles. The molecule has 0 saturated carbocycles. The number of nitro groups is 1. The molecule has 0 aliphatic heterocycles. The quantitative estimate of drug-likeness (QED) is 0.262. The van der Waals surface area contributed by atoms with Crippen LogP contribution in [0, 0.1) is 28.0 Å². The van der Waals surface area contributed by atoms with E-state index in [0.29, 0.717) is 5.56 Å². The maximum absolute atomic E-state index is 10.6. The number of benzene rings is 1. The minimum atomic E-state index is -0.555. The fraction of sp³-hybridized carbons (Fsp3) is 0.0909. The Bertz CT molecular complexity index is 548. The van der Waals surface area contributed by atoms with Gasteiger partial charge >= 0.3 is 5.70 Å². The molecule has 0 bridgehead atoms. The molecule has 0 fully saturated rings. The molecule has 84 valence electrons. The highest BCUT2D eigenvalue weighted by atomic mass is 16.6. The Hall–Kier alpha value is -2.86. The van der Waals surface area contributed by atoms with E-state index in [2.05, 4.69) is 4.85 Å². The summed E-state index contributed by atoms with van der Waals surface area (Å²) in [6.07, 6.45) is 0. The Morgan fingerprint density at radius 3 is 2.82 bits per heavy atom. The fourth-order valence-electron chi connectivity index (χ4n) is 1.24. The summed E-state index contributed by atoms with van der Waals surface area (Å²) in [6, 6.07) is 7.25. The topological polar surface area (TPSA) is 80.5 Å². The third-order valence-electron chi connectivity index (χ3n) is 1.96. The third kappa shape index (κ3) is 2.58. The van der Waals surface area contributed by atoms with Gasteiger partial charge in [-0.1, -0.05) is 12.1 Å². The normalized spacial score (nSPS) is 10.8. The van der Waals surface area contributed by atoms with E-state index in [9.17, 15) is 10.1 Å². The number of non-ortho nitro benzene ring substituents is 1. The van der Waals surface area contributed by atoms with Gasteiger partial charge in [-0.3, -0.25) is 10.1 Å². The van der Waals surface area contributed by atoms with Crippen LogP contribution in [0.15, 0.2) is 30.0 Å². The van der Waals surface area contributed by atoms with Crippen LogP contribution in [0.1, 0.15) is 5.56 Å². The van der Waals surface area contributed by atoms with Crippen molar-refractivity contribution in [3.05, 3.63) is 57.1 Å². The smallest absolute Gasteiger partial charge is 0.303 e. The molecule has 0 N–H and O–H groups in total. The first-order chi connectivity index (χ1) is 8.13. The summed E-state index contributed by atoms with van der Waals surface area (Å²) in [5.74, 6) is 0.0335. The standard InChI is InChI=1S/C11H7N3O3/c1-13-10(7-12)11(17-2)8-4-3-5-9(6-8)14(15)16/h3-6H,2H3/b11-10+. The molecule has 1 aromatic rings. The summed E-state index contributed by atoms with van der Waals surface area (Å²) in [4.78, 5) is 13.0. The molecule has 1 rings (SSSR count). The van der Waals surface area contributed by atoms with Crippen molar-refractivity contribution in [2.75, 3.05) is 7.11 Å². The van der Waals surface area contributed by atoms with E-state index in [0.717, 1.165) is 0 Å². The SMILES string of the molecule is [C-]#[N+]/C(C#N)=C(/OC)c1cccc([N+](=O)[O-])c1. The maximum atomic E-state index is 10.6. The van der Waals surface area contributed by atoms with Crippen molar-refractivity contribution in [1.82, 2.24) is 0 Å². The molecule has 0 spiro atoms. The number of methoxy groups -OCH3 is 1. The van der Waals surface area contributed by atoms with Gasteiger partial charge in [-0.05, 0) is 0 Å². The summed E-state index contributed by atoms with van der Waals surface area (Å²) in [5, 5.41) is 19.3. The van der Waals surface area contributed by atoms with E-state index in [1.165, 1.54) is 31.4 Å². The van der Waals surface area contributed by atoms with Crippen LogP contribution in [-0.4, -0.2) is 12.0 Å². The van der Waals surface area contributed by atoms with E-state index in [1.807, 2.05) is 0 Å². The highest BCUT2D eigenvalue weighted by molar-refractivity contribution is 5.69. The number of hydrogen-bond acceptors (Lipinski definition) is 4. The number of nitrogens with zero attached hydrogens (tertiary/aromatic N) is 3. The van der Waals surface area contributed by atoms with Crippen molar-refractivity contribution >= 4 is 11.4 Å². The number of ether oxygens (including phenoxy) is 1. The van der Waals surface area contributed by atoms with Crippen LogP contribution in [0.5, 0.6) is 0 Å². The molecule has 6 heteroatoms. The number of hydrogen-bond donors (Lipinski definition) is 0. The number of allylic oxidation sites excluding steroid dienone is 1. The molecule has 0 atom stereocenters. The lowest BCUT2D eigenvalue weighted by molar-refractivity contribution is -0.384. The molecule has 6 nitrogen and oxygen atoms in total. The Morgan fingerprint density at radius 2 is 2.35 bits per heavy atom. The highest BCUT2D eigenvalue weighted by Crippen LogP contribution is 2.23. The van der Waals surface area contributed by atoms with Gasteiger partial charge in [0.2, 0.25) is 0 Å². The van der Waals surface area contributed by atoms with E-state index in [1.54, 1.807) is 6.07 Å². The molecule has 0 aromatic heterocycles. The van der Waals surface area contributed by atoms with Gasteiger partial charge in [0.1, 0.15) is 5.76 Å². The first-order valence-electron chi connectivity index (χ1n) is 4.44. The molecule has 17 heavy (non-hydrogen) atoms. The number of nitriles is 1. The second-order valence-corrected chi connectivity index (χ2v) is 2.91. The van der Waals surface area contributed by atoms with E-state index in [4.69, 9.17) is 16.6 Å². The van der Waals surface area contributed by atoms with Crippen molar-refractivity contribution in [1.29, 1.82) is 5.26 Å². The average molecular weight is 229 g/mol. The first kappa shape index (κ1) is 12.2. The highest BCUT2D eigenvalue weighted by Gasteiger charge is 2.13. The lowest BCUT2D eigenvalue weighted by Gasteiger charge is -2.05. The second kappa shape index (κ2) is 5.29. The Labute approximate surface area is 97.3 Å². The predicted octanol–water partition coefficient (Wildman–Crippen LogP) is 2.35. The van der Waals surface area contributed by atoms with Crippen molar-refractivity contribution < 1.29 is 9.66 Å². The summed E-state index contributed by atoms with van der Waals surface area (Å²) in [5.41, 5.74) is -0.0402. The lowest BCUT2D eigenvalue weighted by atomic mass is 10.1. The van der Waals surface area contributed by atoms with Gasteiger partial charge in [0.05, 0.1) is 24.7 Å². The van der Waals surface area contributed by atoms with Gasteiger partial charge in [0, 0.05) is 17.7 Å². The van der Waals surface area contributed by atoms with Gasteiger partial charge < -0.3 is 4.74 Å². The van der Waals surface area contributed by atoms with Crippen molar-refractivity contribution in [2.24, 2.45) is 0 Å². The zero-order valence-corrected chi connectivity index (χ0v) is 8.88. The van der Waals surface area contributed by atoms with Gasteiger partial charge in [0.25, 0.3) is 5.69 Å². The van der Waals surface area contributed by atoms with Crippen LogP contribution in [0.4, 0.5) is 5.69 Å². The molecule has 0 aliphatic rings. The summed E-state index contributed by atoms with van der Waals surface area (Å²) in [6.45, 7) is 6.81. The molecule has 0 heterocycles. The summed E-state index contributed by atoms with van der Waals surface area (Å²) < 4.78 is 4.94. The van der Waals surface area contributed by atoms with E-state index in [-0.39, 0.29) is 17.1 Å². The Kier molecular flexibility index (Phi) is 3.80. The largest absolute Gasteiger partial charge is 0.506 e. The minimum Gasteiger partial charge on any atom is -0.506 e. The van der Waals surface area contributed by atoms with Crippen molar-refractivity contribution in [2.45, 2.75) is 0 Å². The average Bonchev–Trinajstić information content (AvgIpc) is 2.35. The molecular formula is C11H7N3O3. The van der Waals surface area contributed by atoms with Crippen molar-refractivity contribution in [3.63, 3.8) is 0 Å². The molecule has 0 unspecified atom stereocenters. The summed E-state index contributed by atoms with van der Waals surface area (Å²) >= 11 is 0. The van der Waals surface area contributed by atoms with Gasteiger partial charge in [-0.2, -0.15) is 0 Å². The Morgan fingerprint density at radius 1 is 1.65 bits per heavy atom. The van der Waals surface area contributed by atoms with E-state index >= 15 is 0 Å². The third-order valence-corrected chi connectivity index (χ3v) is 1.96. The fourth-order valence-corrected chi connectivity index (χ4v) is 1.24. The molecule has 0 aliphatic carbocycles. The van der Waals surface area contributed by atoms with Gasteiger partial charge in [-0.25, -0.2) is 10.1 Å². The summed E-state index contributed by atoms with van der Waals surface area (Å²) in [7, 11) is 1.30. The number of nitro benzene ring substituents is 1. The van der Waals surface area contributed by atoms with Gasteiger partial charge in [0.15, 0.2) is 0 Å². The maximum Gasteiger partial charge on any atom is 0.303 e. The molecular weight excluding hydrogens is 222 g/mol. The first-order valence-corrected chi connectivity index (χ1v) is 4.44. The lowest BCUT2D eigenvalue weighted by Crippen LogP contribution is -1.93. The number of rotatable bonds is 3. The predicted molar refractivity (Wildman–Crippen MR) is 59.2 cm³/mol. The molecule has 0 amide bonds. The van der Waals surface area contributed by atoms with E-state index < -0.39 is 4.92 Å². The zero-order chi connectivity index (χ0) is 12.8. The zero-order valence-electron chi connectivity index (χ0n) is 8.88. The van der Waals surface area contributed by atoms with Crippen LogP contribution in [0.3, 0.4) is 0 Å². The van der Waals surface area contributed by atoms with Crippen LogP contribution < -0.4 is 0 Å². The van der Waals surface area contributed by atoms with Crippen LogP contribution in [0.25, 0.3) is 10.6 Å². The second-order valence-electron chi connectivity index (χ2n) is 2.91. The molecule has 0 radical (unpaired) electrons. The monoisotopic (exact) mass is 229 g/mol. The van der Waals surface area contributed by atoms with Crippen LogP contribution in [-0.2, 0) is 4.74 Å². The van der Waals surface area contributed by atoms with Gasteiger partial charge in [-0.15, -0.1) is 0 Å². The van der Waals surface area contributed by atoms with Crippen LogP contribution >= 0.6 is 0 Å².